The van der Waals surface area contributed by atoms with Gasteiger partial charge in [-0.1, -0.05) is 12.1 Å². The Morgan fingerprint density at radius 3 is 2.42 bits per heavy atom. The molecule has 1 N–H and O–H groups in total. The Labute approximate surface area is 166 Å². The van der Waals surface area contributed by atoms with Crippen molar-refractivity contribution in [3.63, 3.8) is 0 Å². The van der Waals surface area contributed by atoms with Crippen LogP contribution in [0.5, 0.6) is 0 Å². The van der Waals surface area contributed by atoms with E-state index in [0.29, 0.717) is 12.4 Å². The number of carbonyl (C=O) groups is 1. The quantitative estimate of drug-likeness (QED) is 0.772. The Hall–Kier alpha value is -0.930. The number of amides is 1. The number of aryl methyl sites for hydroxylation is 1. The van der Waals surface area contributed by atoms with Crippen molar-refractivity contribution in [3.05, 3.63) is 11.7 Å². The number of aromatic nitrogens is 2. The highest BCUT2D eigenvalue weighted by atomic mass is 35.5. The van der Waals surface area contributed by atoms with Crippen LogP contribution in [-0.2, 0) is 22.5 Å². The monoisotopic (exact) mass is 409 g/mol. The Morgan fingerprint density at radius 1 is 1.23 bits per heavy atom. The smallest absolute Gasteiger partial charge is 0.254 e. The van der Waals surface area contributed by atoms with Gasteiger partial charge in [-0.15, -0.1) is 24.8 Å². The molecule has 8 nitrogen and oxygen atoms in total. The van der Waals surface area contributed by atoms with Crippen LogP contribution in [0.2, 0.25) is 0 Å². The molecule has 0 saturated carbocycles. The molecule has 0 bridgehead atoms. The van der Waals surface area contributed by atoms with E-state index in [2.05, 4.69) is 20.4 Å². The van der Waals surface area contributed by atoms with Crippen molar-refractivity contribution < 1.29 is 14.1 Å². The summed E-state index contributed by atoms with van der Waals surface area (Å²) in [5.41, 5.74) is -0.642. The first-order valence-electron chi connectivity index (χ1n) is 8.76. The van der Waals surface area contributed by atoms with E-state index in [9.17, 15) is 4.79 Å². The first kappa shape index (κ1) is 23.1. The summed E-state index contributed by atoms with van der Waals surface area (Å²) in [6, 6.07) is 0. The zero-order chi connectivity index (χ0) is 17.0. The van der Waals surface area contributed by atoms with E-state index >= 15 is 0 Å². The summed E-state index contributed by atoms with van der Waals surface area (Å²) >= 11 is 0. The average molecular weight is 410 g/mol. The van der Waals surface area contributed by atoms with Gasteiger partial charge in [0.25, 0.3) is 5.91 Å². The van der Waals surface area contributed by atoms with Crippen LogP contribution in [0, 0.1) is 0 Å². The number of nitrogens with zero attached hydrogens (tertiary/aromatic N) is 4. The van der Waals surface area contributed by atoms with Gasteiger partial charge in [-0.05, 0) is 25.9 Å². The molecule has 2 fully saturated rings. The Bertz CT molecular complexity index is 558. The van der Waals surface area contributed by atoms with Crippen molar-refractivity contribution in [3.8, 4) is 0 Å². The second-order valence-corrected chi connectivity index (χ2v) is 6.47. The zero-order valence-corrected chi connectivity index (χ0v) is 17.0. The average Bonchev–Trinajstić information content (AvgIpc) is 3.10. The third-order valence-electron chi connectivity index (χ3n) is 5.03. The first-order valence-corrected chi connectivity index (χ1v) is 8.76. The fourth-order valence-electron chi connectivity index (χ4n) is 3.43. The van der Waals surface area contributed by atoms with Crippen molar-refractivity contribution in [2.45, 2.75) is 38.3 Å². The predicted molar refractivity (Wildman–Crippen MR) is 102 cm³/mol. The Kier molecular flexibility index (Phi) is 9.26. The molecule has 2 saturated heterocycles. The number of hydrogen-bond acceptors (Lipinski definition) is 7. The van der Waals surface area contributed by atoms with Gasteiger partial charge in [-0.2, -0.15) is 4.98 Å². The lowest BCUT2D eigenvalue weighted by Gasteiger charge is -2.42. The number of nitrogens with one attached hydrogen (secondary N) is 1. The van der Waals surface area contributed by atoms with Gasteiger partial charge in [0.05, 0.1) is 6.54 Å². The number of carbonyl (C=O) groups excluding carboxylic acids is 1. The third kappa shape index (κ3) is 5.07. The topological polar surface area (TPSA) is 83.7 Å². The van der Waals surface area contributed by atoms with E-state index in [1.165, 1.54) is 0 Å². The summed E-state index contributed by atoms with van der Waals surface area (Å²) in [6.07, 6.45) is 2.24. The molecule has 1 aromatic rings. The minimum atomic E-state index is -0.642. The van der Waals surface area contributed by atoms with Crippen molar-refractivity contribution in [2.24, 2.45) is 0 Å². The van der Waals surface area contributed by atoms with Crippen LogP contribution in [0.1, 0.15) is 31.5 Å². The van der Waals surface area contributed by atoms with Crippen molar-refractivity contribution in [1.82, 2.24) is 25.3 Å². The molecule has 26 heavy (non-hydrogen) atoms. The summed E-state index contributed by atoms with van der Waals surface area (Å²) in [5, 5.41) is 7.29. The van der Waals surface area contributed by atoms with Gasteiger partial charge in [0.1, 0.15) is 5.60 Å². The number of piperidine rings is 1. The number of ether oxygens (including phenoxy) is 1. The van der Waals surface area contributed by atoms with E-state index in [-0.39, 0.29) is 30.7 Å². The van der Waals surface area contributed by atoms with E-state index in [4.69, 9.17) is 9.26 Å². The summed E-state index contributed by atoms with van der Waals surface area (Å²) in [4.78, 5) is 21.5. The van der Waals surface area contributed by atoms with Gasteiger partial charge in [0.2, 0.25) is 5.89 Å². The van der Waals surface area contributed by atoms with E-state index in [1.54, 1.807) is 7.11 Å². The molecule has 0 atom stereocenters. The van der Waals surface area contributed by atoms with Gasteiger partial charge >= 0.3 is 0 Å². The molecule has 0 aliphatic carbocycles. The van der Waals surface area contributed by atoms with Crippen LogP contribution in [-0.4, -0.2) is 77.8 Å². The van der Waals surface area contributed by atoms with Crippen molar-refractivity contribution in [1.29, 1.82) is 0 Å². The molecule has 3 heterocycles. The van der Waals surface area contributed by atoms with Crippen LogP contribution in [0.15, 0.2) is 4.52 Å². The zero-order valence-electron chi connectivity index (χ0n) is 15.4. The molecule has 1 aromatic heterocycles. The lowest BCUT2D eigenvalue weighted by atomic mass is 9.90. The highest BCUT2D eigenvalue weighted by Gasteiger charge is 2.42. The van der Waals surface area contributed by atoms with E-state index < -0.39 is 5.60 Å². The fraction of sp³-hybridized carbons (Fsp3) is 0.812. The van der Waals surface area contributed by atoms with Gasteiger partial charge in [0, 0.05) is 39.7 Å². The maximum atomic E-state index is 12.9. The number of hydrogen-bond donors (Lipinski definition) is 1. The predicted octanol–water partition coefficient (Wildman–Crippen LogP) is 0.888. The SMILES string of the molecule is CCc1nc(CN2CCN(C(=O)C3(OC)CCNCC3)CC2)no1.Cl.Cl. The Morgan fingerprint density at radius 2 is 1.88 bits per heavy atom. The summed E-state index contributed by atoms with van der Waals surface area (Å²) in [6.45, 7) is 7.40. The molecule has 150 valence electrons. The lowest BCUT2D eigenvalue weighted by Crippen LogP contribution is -2.59. The second kappa shape index (κ2) is 10.4. The summed E-state index contributed by atoms with van der Waals surface area (Å²) in [7, 11) is 1.65. The minimum absolute atomic E-state index is 0. The molecule has 2 aliphatic heterocycles. The van der Waals surface area contributed by atoms with Gasteiger partial charge < -0.3 is 19.5 Å². The van der Waals surface area contributed by atoms with Crippen LogP contribution in [0.25, 0.3) is 0 Å². The number of rotatable bonds is 5. The fourth-order valence-corrected chi connectivity index (χ4v) is 3.43. The van der Waals surface area contributed by atoms with Crippen LogP contribution in [0.3, 0.4) is 0 Å². The summed E-state index contributed by atoms with van der Waals surface area (Å²) < 4.78 is 10.8. The number of methoxy groups -OCH3 is 1. The second-order valence-electron chi connectivity index (χ2n) is 6.47. The molecule has 0 radical (unpaired) electrons. The van der Waals surface area contributed by atoms with Gasteiger partial charge in [-0.25, -0.2) is 0 Å². The lowest BCUT2D eigenvalue weighted by molar-refractivity contribution is -0.160. The van der Waals surface area contributed by atoms with Crippen LogP contribution >= 0.6 is 24.8 Å². The highest BCUT2D eigenvalue weighted by Crippen LogP contribution is 2.25. The largest absolute Gasteiger partial charge is 0.368 e. The van der Waals surface area contributed by atoms with Gasteiger partial charge in [0.15, 0.2) is 5.82 Å². The van der Waals surface area contributed by atoms with E-state index in [1.807, 2.05) is 11.8 Å². The molecule has 0 aromatic carbocycles. The maximum absolute atomic E-state index is 12.9. The molecule has 10 heteroatoms. The molecule has 0 unspecified atom stereocenters. The molecule has 0 spiro atoms. The normalized spacial score (nSPS) is 20.2. The molecular formula is C16H29Cl2N5O3. The first-order chi connectivity index (χ1) is 11.7. The Balaban J connectivity index is 0.00000169. The number of piperazine rings is 1. The molecular weight excluding hydrogens is 381 g/mol. The molecule has 1 amide bonds. The standard InChI is InChI=1S/C16H27N5O3.2ClH/c1-3-14-18-13(19-24-14)12-20-8-10-21(11-9-20)15(22)16(23-2)4-6-17-7-5-16;;/h17H,3-12H2,1-2H3;2*1H. The number of halogens is 2. The summed E-state index contributed by atoms with van der Waals surface area (Å²) in [5.74, 6) is 1.53. The van der Waals surface area contributed by atoms with Crippen LogP contribution in [0.4, 0.5) is 0 Å². The maximum Gasteiger partial charge on any atom is 0.254 e. The minimum Gasteiger partial charge on any atom is -0.368 e. The molecule has 2 aliphatic rings. The molecule has 3 rings (SSSR count). The van der Waals surface area contributed by atoms with Crippen molar-refractivity contribution >= 4 is 30.7 Å². The van der Waals surface area contributed by atoms with E-state index in [0.717, 1.165) is 64.4 Å². The van der Waals surface area contributed by atoms with Gasteiger partial charge in [-0.3, -0.25) is 9.69 Å². The third-order valence-corrected chi connectivity index (χ3v) is 5.03. The highest BCUT2D eigenvalue weighted by molar-refractivity contribution is 5.86. The van der Waals surface area contributed by atoms with Crippen LogP contribution < -0.4 is 5.32 Å². The van der Waals surface area contributed by atoms with Crippen molar-refractivity contribution in [2.75, 3.05) is 46.4 Å².